The third-order valence-corrected chi connectivity index (χ3v) is 5.24. The fourth-order valence-corrected chi connectivity index (χ4v) is 4.07. The number of benzene rings is 1. The maximum absolute atomic E-state index is 13.9. The van der Waals surface area contributed by atoms with Gasteiger partial charge in [0, 0.05) is 34.7 Å². The number of anilines is 1. The first-order valence-electron chi connectivity index (χ1n) is 7.02. The summed E-state index contributed by atoms with van der Waals surface area (Å²) in [5.74, 6) is 0.0751. The standard InChI is InChI=1S/C16H15FN2OS/c17-12-7-9(18)1-2-10(12)14-8-15(20-14)11-3-5-19-13-4-6-21-16(11)13/h1-2,4-7,11,14-15H,3,8,18H2. The van der Waals surface area contributed by atoms with Crippen LogP contribution >= 0.6 is 11.3 Å². The molecule has 0 spiro atoms. The Kier molecular flexibility index (Phi) is 3.05. The van der Waals surface area contributed by atoms with Crippen molar-refractivity contribution < 1.29 is 9.13 Å². The van der Waals surface area contributed by atoms with Crippen molar-refractivity contribution in [3.8, 4) is 0 Å². The van der Waals surface area contributed by atoms with Crippen LogP contribution in [-0.4, -0.2) is 12.3 Å². The highest BCUT2D eigenvalue weighted by Gasteiger charge is 2.40. The van der Waals surface area contributed by atoms with Gasteiger partial charge in [-0.1, -0.05) is 6.07 Å². The summed E-state index contributed by atoms with van der Waals surface area (Å²) < 4.78 is 19.9. The van der Waals surface area contributed by atoms with Crippen molar-refractivity contribution in [1.82, 2.24) is 0 Å². The molecule has 0 amide bonds. The number of rotatable bonds is 2. The van der Waals surface area contributed by atoms with Gasteiger partial charge in [-0.2, -0.15) is 0 Å². The molecule has 1 aromatic carbocycles. The monoisotopic (exact) mass is 302 g/mol. The molecule has 3 heterocycles. The highest BCUT2D eigenvalue weighted by Crippen LogP contribution is 2.48. The summed E-state index contributed by atoms with van der Waals surface area (Å²) in [6.45, 7) is 0. The Morgan fingerprint density at radius 2 is 2.19 bits per heavy atom. The molecule has 2 N–H and O–H groups in total. The van der Waals surface area contributed by atoms with Crippen molar-refractivity contribution in [2.75, 3.05) is 5.73 Å². The second-order valence-corrected chi connectivity index (χ2v) is 6.45. The van der Waals surface area contributed by atoms with Gasteiger partial charge in [-0.25, -0.2) is 4.39 Å². The van der Waals surface area contributed by atoms with Crippen LogP contribution in [0, 0.1) is 5.82 Å². The summed E-state index contributed by atoms with van der Waals surface area (Å²) in [7, 11) is 0. The number of nitrogens with two attached hydrogens (primary N) is 1. The van der Waals surface area contributed by atoms with Gasteiger partial charge in [0.1, 0.15) is 5.82 Å². The van der Waals surface area contributed by atoms with Gasteiger partial charge in [0.15, 0.2) is 0 Å². The summed E-state index contributed by atoms with van der Waals surface area (Å²) in [5, 5.41) is 2.07. The molecule has 1 fully saturated rings. The number of halogens is 1. The maximum Gasteiger partial charge on any atom is 0.131 e. The van der Waals surface area contributed by atoms with E-state index in [4.69, 9.17) is 10.5 Å². The number of hydrogen-bond donors (Lipinski definition) is 1. The average Bonchev–Trinajstić information content (AvgIpc) is 2.88. The molecule has 4 rings (SSSR count). The van der Waals surface area contributed by atoms with Crippen LogP contribution in [0.1, 0.15) is 35.3 Å². The molecule has 0 saturated carbocycles. The minimum atomic E-state index is -0.277. The summed E-state index contributed by atoms with van der Waals surface area (Å²) in [6.07, 6.45) is 3.69. The van der Waals surface area contributed by atoms with E-state index in [0.29, 0.717) is 17.2 Å². The van der Waals surface area contributed by atoms with E-state index in [9.17, 15) is 4.39 Å². The van der Waals surface area contributed by atoms with E-state index < -0.39 is 0 Å². The lowest BCUT2D eigenvalue weighted by atomic mass is 9.85. The molecule has 1 saturated heterocycles. The zero-order valence-electron chi connectivity index (χ0n) is 11.3. The molecule has 0 radical (unpaired) electrons. The number of nitrogens with zero attached hydrogens (tertiary/aromatic N) is 1. The number of fused-ring (bicyclic) bond motifs is 1. The van der Waals surface area contributed by atoms with Crippen molar-refractivity contribution in [3.63, 3.8) is 0 Å². The molecule has 5 heteroatoms. The van der Waals surface area contributed by atoms with Crippen LogP contribution in [0.2, 0.25) is 0 Å². The van der Waals surface area contributed by atoms with Crippen molar-refractivity contribution >= 4 is 28.9 Å². The van der Waals surface area contributed by atoms with Crippen LogP contribution in [-0.2, 0) is 4.74 Å². The minimum absolute atomic E-state index is 0.149. The van der Waals surface area contributed by atoms with Crippen molar-refractivity contribution in [2.45, 2.75) is 31.0 Å². The molecule has 21 heavy (non-hydrogen) atoms. The zero-order valence-corrected chi connectivity index (χ0v) is 12.1. The van der Waals surface area contributed by atoms with Crippen LogP contribution < -0.4 is 5.73 Å². The van der Waals surface area contributed by atoms with Gasteiger partial charge < -0.3 is 10.5 Å². The third kappa shape index (κ3) is 2.17. The normalized spacial score (nSPS) is 27.2. The predicted octanol–water partition coefficient (Wildman–Crippen LogP) is 4.19. The minimum Gasteiger partial charge on any atom is -0.399 e. The lowest BCUT2D eigenvalue weighted by Crippen LogP contribution is -2.37. The first kappa shape index (κ1) is 13.0. The van der Waals surface area contributed by atoms with Gasteiger partial charge in [0.2, 0.25) is 0 Å². The number of ether oxygens (including phenoxy) is 1. The lowest BCUT2D eigenvalue weighted by Gasteiger charge is -2.41. The summed E-state index contributed by atoms with van der Waals surface area (Å²) >= 11 is 1.73. The number of thiophene rings is 1. The number of nitrogen functional groups attached to an aromatic ring is 1. The smallest absolute Gasteiger partial charge is 0.131 e. The SMILES string of the molecule is Nc1ccc(C2CC(C3CC=Nc4ccsc43)O2)c(F)c1. The predicted molar refractivity (Wildman–Crippen MR) is 82.9 cm³/mol. The average molecular weight is 302 g/mol. The molecular weight excluding hydrogens is 287 g/mol. The van der Waals surface area contributed by atoms with Crippen LogP contribution in [0.3, 0.4) is 0 Å². The Labute approximate surface area is 126 Å². The van der Waals surface area contributed by atoms with Gasteiger partial charge >= 0.3 is 0 Å². The van der Waals surface area contributed by atoms with Crippen molar-refractivity contribution in [1.29, 1.82) is 0 Å². The van der Waals surface area contributed by atoms with E-state index in [1.54, 1.807) is 23.5 Å². The Hall–Kier alpha value is -1.72. The van der Waals surface area contributed by atoms with E-state index in [2.05, 4.69) is 10.4 Å². The third-order valence-electron chi connectivity index (χ3n) is 4.21. The van der Waals surface area contributed by atoms with Gasteiger partial charge in [0.05, 0.1) is 17.9 Å². The first-order valence-corrected chi connectivity index (χ1v) is 7.90. The molecule has 2 aliphatic rings. The van der Waals surface area contributed by atoms with Crippen molar-refractivity contribution in [3.05, 3.63) is 45.9 Å². The van der Waals surface area contributed by atoms with E-state index in [1.807, 2.05) is 12.3 Å². The second kappa shape index (κ2) is 4.93. The van der Waals surface area contributed by atoms with Crippen LogP contribution in [0.25, 0.3) is 0 Å². The summed E-state index contributed by atoms with van der Waals surface area (Å²) in [4.78, 5) is 5.69. The van der Waals surface area contributed by atoms with E-state index >= 15 is 0 Å². The number of aliphatic imine (C=N–C) groups is 1. The molecule has 0 bridgehead atoms. The largest absolute Gasteiger partial charge is 0.399 e. The fraction of sp³-hybridized carbons (Fsp3) is 0.312. The molecule has 1 aromatic heterocycles. The van der Waals surface area contributed by atoms with Gasteiger partial charge in [-0.15, -0.1) is 11.3 Å². The topological polar surface area (TPSA) is 47.6 Å². The quantitative estimate of drug-likeness (QED) is 0.846. The van der Waals surface area contributed by atoms with Gasteiger partial charge in [0.25, 0.3) is 0 Å². The Balaban J connectivity index is 1.49. The summed E-state index contributed by atoms with van der Waals surface area (Å²) in [6, 6.07) is 6.85. The van der Waals surface area contributed by atoms with E-state index in [-0.39, 0.29) is 18.0 Å². The first-order chi connectivity index (χ1) is 10.2. The highest BCUT2D eigenvalue weighted by atomic mass is 32.1. The molecular formula is C16H15FN2OS. The Morgan fingerprint density at radius 1 is 1.33 bits per heavy atom. The highest BCUT2D eigenvalue weighted by molar-refractivity contribution is 7.10. The van der Waals surface area contributed by atoms with Crippen LogP contribution in [0.5, 0.6) is 0 Å². The second-order valence-electron chi connectivity index (χ2n) is 5.50. The van der Waals surface area contributed by atoms with E-state index in [1.165, 1.54) is 10.9 Å². The Bertz CT molecular complexity index is 706. The lowest BCUT2D eigenvalue weighted by molar-refractivity contribution is -0.139. The van der Waals surface area contributed by atoms with E-state index in [0.717, 1.165) is 18.5 Å². The zero-order chi connectivity index (χ0) is 14.4. The maximum atomic E-state index is 13.9. The van der Waals surface area contributed by atoms with Gasteiger partial charge in [-0.3, -0.25) is 4.99 Å². The van der Waals surface area contributed by atoms with Crippen LogP contribution in [0.15, 0.2) is 34.6 Å². The summed E-state index contributed by atoms with van der Waals surface area (Å²) in [5.41, 5.74) is 7.69. The molecule has 2 aromatic rings. The fourth-order valence-electron chi connectivity index (χ4n) is 3.07. The van der Waals surface area contributed by atoms with Crippen LogP contribution in [0.4, 0.5) is 15.8 Å². The molecule has 3 unspecified atom stereocenters. The molecule has 3 atom stereocenters. The number of hydrogen-bond acceptors (Lipinski definition) is 4. The molecule has 108 valence electrons. The molecule has 2 aliphatic heterocycles. The molecule has 3 nitrogen and oxygen atoms in total. The molecule has 0 aliphatic carbocycles. The van der Waals surface area contributed by atoms with Crippen molar-refractivity contribution in [2.24, 2.45) is 4.99 Å². The Morgan fingerprint density at radius 3 is 3.00 bits per heavy atom. The van der Waals surface area contributed by atoms with Gasteiger partial charge in [-0.05, 0) is 30.0 Å².